The Hall–Kier alpha value is -0.280. The summed E-state index contributed by atoms with van der Waals surface area (Å²) >= 11 is 4.43. The lowest BCUT2D eigenvalue weighted by molar-refractivity contribution is -0.137. The second-order valence-electron chi connectivity index (χ2n) is 2.88. The van der Waals surface area contributed by atoms with Gasteiger partial charge in [0, 0.05) is 0 Å². The van der Waals surface area contributed by atoms with E-state index in [0.29, 0.717) is 13.2 Å². The van der Waals surface area contributed by atoms with Crippen LogP contribution in [-0.2, 0) is 9.47 Å². The van der Waals surface area contributed by atoms with Gasteiger partial charge >= 0.3 is 0 Å². The molecule has 0 radical (unpaired) electrons. The lowest BCUT2D eigenvalue weighted by Crippen LogP contribution is -2.22. The lowest BCUT2D eigenvalue weighted by Gasteiger charge is -2.15. The number of ether oxygens (including phenoxy) is 2. The Labute approximate surface area is 71.4 Å². The van der Waals surface area contributed by atoms with Gasteiger partial charge in [-0.15, -0.1) is 0 Å². The fourth-order valence-electron chi connectivity index (χ4n) is 0.992. The van der Waals surface area contributed by atoms with Gasteiger partial charge < -0.3 is 9.47 Å². The minimum absolute atomic E-state index is 0.0421. The summed E-state index contributed by atoms with van der Waals surface area (Å²) in [6.07, 6.45) is 0.0421. The van der Waals surface area contributed by atoms with Gasteiger partial charge in [-0.25, -0.2) is 4.99 Å². The predicted octanol–water partition coefficient (Wildman–Crippen LogP) is 1.24. The molecule has 1 saturated heterocycles. The summed E-state index contributed by atoms with van der Waals surface area (Å²) < 4.78 is 10.8. The smallest absolute Gasteiger partial charge is 0.163 e. The minimum atomic E-state index is -0.457. The highest BCUT2D eigenvalue weighted by Crippen LogP contribution is 2.21. The summed E-state index contributed by atoms with van der Waals surface area (Å²) in [5.41, 5.74) is 0. The van der Waals surface area contributed by atoms with E-state index in [2.05, 4.69) is 22.4 Å². The maximum absolute atomic E-state index is 5.45. The van der Waals surface area contributed by atoms with Crippen molar-refractivity contribution in [2.75, 3.05) is 13.2 Å². The third-order valence-electron chi connectivity index (χ3n) is 1.43. The van der Waals surface area contributed by atoms with E-state index in [-0.39, 0.29) is 6.10 Å². The molecule has 3 nitrogen and oxygen atoms in total. The zero-order chi connectivity index (χ0) is 8.32. The number of isothiocyanates is 1. The van der Waals surface area contributed by atoms with Gasteiger partial charge in [0.1, 0.15) is 6.10 Å². The van der Waals surface area contributed by atoms with Gasteiger partial charge in [0.2, 0.25) is 0 Å². The molecular weight excluding hydrogens is 162 g/mol. The summed E-state index contributed by atoms with van der Waals surface area (Å²) in [5.74, 6) is -0.457. The van der Waals surface area contributed by atoms with E-state index in [4.69, 9.17) is 9.47 Å². The first kappa shape index (κ1) is 8.81. The number of nitrogens with zero attached hydrogens (tertiary/aromatic N) is 1. The van der Waals surface area contributed by atoms with Crippen LogP contribution in [0.3, 0.4) is 0 Å². The van der Waals surface area contributed by atoms with E-state index in [9.17, 15) is 0 Å². The van der Waals surface area contributed by atoms with Gasteiger partial charge in [0.25, 0.3) is 0 Å². The molecule has 0 saturated carbocycles. The highest BCUT2D eigenvalue weighted by Gasteiger charge is 2.32. The van der Waals surface area contributed by atoms with Crippen LogP contribution in [0.25, 0.3) is 0 Å². The van der Waals surface area contributed by atoms with Gasteiger partial charge in [0.05, 0.1) is 18.3 Å². The molecule has 0 amide bonds. The van der Waals surface area contributed by atoms with Gasteiger partial charge in [-0.3, -0.25) is 0 Å². The van der Waals surface area contributed by atoms with Crippen LogP contribution in [-0.4, -0.2) is 30.2 Å². The molecule has 0 aromatic carbocycles. The van der Waals surface area contributed by atoms with Gasteiger partial charge in [-0.1, -0.05) is 0 Å². The summed E-state index contributed by atoms with van der Waals surface area (Å²) in [6.45, 7) is 4.91. The lowest BCUT2D eigenvalue weighted by atomic mass is 10.4. The summed E-state index contributed by atoms with van der Waals surface area (Å²) in [6, 6.07) is 0. The summed E-state index contributed by atoms with van der Waals surface area (Å²) in [5, 5.41) is 2.29. The number of hydrogen-bond donors (Lipinski definition) is 0. The van der Waals surface area contributed by atoms with Crippen molar-refractivity contribution in [2.24, 2.45) is 4.99 Å². The van der Waals surface area contributed by atoms with Crippen molar-refractivity contribution < 1.29 is 9.47 Å². The van der Waals surface area contributed by atoms with E-state index in [1.165, 1.54) is 0 Å². The fraction of sp³-hybridized carbons (Fsp3) is 0.857. The van der Waals surface area contributed by atoms with Crippen LogP contribution in [0.4, 0.5) is 0 Å². The first-order valence-corrected chi connectivity index (χ1v) is 3.90. The number of hydrogen-bond acceptors (Lipinski definition) is 4. The molecule has 1 heterocycles. The van der Waals surface area contributed by atoms with Crippen molar-refractivity contribution in [1.29, 1.82) is 0 Å². The Morgan fingerprint density at radius 2 is 2.45 bits per heavy atom. The summed E-state index contributed by atoms with van der Waals surface area (Å²) in [7, 11) is 0. The monoisotopic (exact) mass is 173 g/mol. The van der Waals surface area contributed by atoms with Crippen molar-refractivity contribution in [3.8, 4) is 0 Å². The Balaban J connectivity index is 2.36. The van der Waals surface area contributed by atoms with E-state index >= 15 is 0 Å². The van der Waals surface area contributed by atoms with Gasteiger partial charge in [0.15, 0.2) is 5.79 Å². The molecule has 1 aliphatic rings. The largest absolute Gasteiger partial charge is 0.348 e. The van der Waals surface area contributed by atoms with Gasteiger partial charge in [-0.05, 0) is 26.1 Å². The van der Waals surface area contributed by atoms with Gasteiger partial charge in [-0.2, -0.15) is 0 Å². The maximum atomic E-state index is 5.45. The Kier molecular flexibility index (Phi) is 2.73. The third kappa shape index (κ3) is 2.67. The number of thiocarbonyl (C=S) groups is 1. The normalized spacial score (nSPS) is 28.0. The molecule has 0 aromatic heterocycles. The van der Waals surface area contributed by atoms with E-state index in [0.717, 1.165) is 0 Å². The van der Waals surface area contributed by atoms with E-state index in [1.54, 1.807) is 0 Å². The van der Waals surface area contributed by atoms with Crippen LogP contribution >= 0.6 is 12.2 Å². The Morgan fingerprint density at radius 1 is 1.73 bits per heavy atom. The third-order valence-corrected chi connectivity index (χ3v) is 1.56. The van der Waals surface area contributed by atoms with Crippen molar-refractivity contribution >= 4 is 17.4 Å². The van der Waals surface area contributed by atoms with Crippen molar-refractivity contribution in [3.63, 3.8) is 0 Å². The molecule has 0 unspecified atom stereocenters. The molecule has 1 fully saturated rings. The molecule has 1 aliphatic heterocycles. The minimum Gasteiger partial charge on any atom is -0.348 e. The molecule has 1 atom stereocenters. The van der Waals surface area contributed by atoms with E-state index in [1.807, 2.05) is 13.8 Å². The van der Waals surface area contributed by atoms with Crippen molar-refractivity contribution in [1.82, 2.24) is 0 Å². The van der Waals surface area contributed by atoms with Crippen LogP contribution in [0.2, 0.25) is 0 Å². The molecule has 0 aromatic rings. The van der Waals surface area contributed by atoms with Crippen molar-refractivity contribution in [3.05, 3.63) is 0 Å². The van der Waals surface area contributed by atoms with Crippen LogP contribution < -0.4 is 0 Å². The summed E-state index contributed by atoms with van der Waals surface area (Å²) in [4.78, 5) is 3.78. The highest BCUT2D eigenvalue weighted by atomic mass is 32.1. The topological polar surface area (TPSA) is 30.8 Å². The molecule has 0 aliphatic carbocycles. The second-order valence-corrected chi connectivity index (χ2v) is 3.07. The SMILES string of the molecule is CC1(C)OC[C@H](CN=C=S)O1. The average molecular weight is 173 g/mol. The Bertz CT molecular complexity index is 187. The average Bonchev–Trinajstić information content (AvgIpc) is 2.26. The maximum Gasteiger partial charge on any atom is 0.163 e. The van der Waals surface area contributed by atoms with Crippen LogP contribution in [0.1, 0.15) is 13.8 Å². The molecule has 0 bridgehead atoms. The van der Waals surface area contributed by atoms with Crippen LogP contribution in [0.5, 0.6) is 0 Å². The standard InChI is InChI=1S/C7H11NO2S/c1-7(2)9-4-6(10-7)3-8-5-11/h6H,3-4H2,1-2H3/t6-/m0/s1. The van der Waals surface area contributed by atoms with Crippen LogP contribution in [0.15, 0.2) is 4.99 Å². The zero-order valence-corrected chi connectivity index (χ0v) is 7.48. The van der Waals surface area contributed by atoms with Crippen LogP contribution in [0, 0.1) is 0 Å². The molecule has 1 rings (SSSR count). The molecule has 11 heavy (non-hydrogen) atoms. The quantitative estimate of drug-likeness (QED) is 0.465. The predicted molar refractivity (Wildman–Crippen MR) is 44.8 cm³/mol. The molecule has 0 spiro atoms. The first-order valence-electron chi connectivity index (χ1n) is 3.49. The number of rotatable bonds is 2. The molecule has 4 heteroatoms. The molecular formula is C7H11NO2S. The highest BCUT2D eigenvalue weighted by molar-refractivity contribution is 7.78. The molecule has 0 N–H and O–H groups in total. The number of aliphatic imine (C=N–C) groups is 1. The van der Waals surface area contributed by atoms with Crippen molar-refractivity contribution in [2.45, 2.75) is 25.7 Å². The van der Waals surface area contributed by atoms with E-state index < -0.39 is 5.79 Å². The molecule has 62 valence electrons. The Morgan fingerprint density at radius 3 is 2.91 bits per heavy atom. The first-order chi connectivity index (χ1) is 5.14. The zero-order valence-electron chi connectivity index (χ0n) is 6.66. The second kappa shape index (κ2) is 3.41. The fourth-order valence-corrected chi connectivity index (χ4v) is 1.07.